The SMILES string of the molecule is O=C(O)OC1CCOc2cc(Oc3ccc(C(=O)NCCc4cc(F)ccc4Oc4ccc(Cl)c(Cl)c4)cc3)c(Cl)cc21. The molecular formula is C31H23Cl3FNO7. The first-order chi connectivity index (χ1) is 20.7. The molecule has 0 radical (unpaired) electrons. The zero-order valence-electron chi connectivity index (χ0n) is 22.2. The molecular weight excluding hydrogens is 624 g/mol. The summed E-state index contributed by atoms with van der Waals surface area (Å²) in [6.45, 7) is 0.496. The second-order valence-electron chi connectivity index (χ2n) is 9.39. The molecule has 8 nitrogen and oxygen atoms in total. The van der Waals surface area contributed by atoms with Gasteiger partial charge in [0.05, 0.1) is 21.7 Å². The molecule has 43 heavy (non-hydrogen) atoms. The lowest BCUT2D eigenvalue weighted by atomic mass is 10.0. The van der Waals surface area contributed by atoms with Gasteiger partial charge in [-0.15, -0.1) is 0 Å². The first-order valence-corrected chi connectivity index (χ1v) is 14.1. The van der Waals surface area contributed by atoms with Gasteiger partial charge in [0.25, 0.3) is 5.91 Å². The maximum atomic E-state index is 14.0. The molecule has 5 rings (SSSR count). The summed E-state index contributed by atoms with van der Waals surface area (Å²) in [6.07, 6.45) is -1.40. The van der Waals surface area contributed by atoms with Crippen molar-refractivity contribution in [1.82, 2.24) is 5.32 Å². The molecule has 12 heteroatoms. The molecule has 0 aliphatic carbocycles. The van der Waals surface area contributed by atoms with Gasteiger partial charge in [0.2, 0.25) is 0 Å². The predicted molar refractivity (Wildman–Crippen MR) is 159 cm³/mol. The monoisotopic (exact) mass is 645 g/mol. The van der Waals surface area contributed by atoms with Crippen LogP contribution >= 0.6 is 34.8 Å². The number of amides is 1. The molecule has 1 aliphatic heterocycles. The molecule has 1 heterocycles. The van der Waals surface area contributed by atoms with E-state index in [9.17, 15) is 14.0 Å². The van der Waals surface area contributed by atoms with Crippen molar-refractivity contribution in [2.24, 2.45) is 0 Å². The Bertz CT molecular complexity index is 1670. The molecule has 4 aromatic rings. The van der Waals surface area contributed by atoms with Crippen LogP contribution in [-0.4, -0.2) is 30.3 Å². The van der Waals surface area contributed by atoms with Gasteiger partial charge >= 0.3 is 6.16 Å². The Morgan fingerprint density at radius 2 is 1.63 bits per heavy atom. The van der Waals surface area contributed by atoms with Crippen LogP contribution in [0.2, 0.25) is 15.1 Å². The third kappa shape index (κ3) is 7.62. The van der Waals surface area contributed by atoms with E-state index in [0.717, 1.165) is 0 Å². The quantitative estimate of drug-likeness (QED) is 0.175. The first-order valence-electron chi connectivity index (χ1n) is 13.0. The van der Waals surface area contributed by atoms with E-state index >= 15 is 0 Å². The molecule has 2 N–H and O–H groups in total. The minimum atomic E-state index is -1.38. The Balaban J connectivity index is 1.19. The zero-order valence-corrected chi connectivity index (χ0v) is 24.5. The van der Waals surface area contributed by atoms with Crippen molar-refractivity contribution in [2.75, 3.05) is 13.2 Å². The average Bonchev–Trinajstić information content (AvgIpc) is 2.97. The van der Waals surface area contributed by atoms with E-state index in [1.165, 1.54) is 18.2 Å². The van der Waals surface area contributed by atoms with Crippen LogP contribution in [0.25, 0.3) is 0 Å². The Morgan fingerprint density at radius 1 is 0.884 bits per heavy atom. The maximum absolute atomic E-state index is 14.0. The summed E-state index contributed by atoms with van der Waals surface area (Å²) >= 11 is 18.4. The lowest BCUT2D eigenvalue weighted by Gasteiger charge is -2.25. The number of halogens is 4. The lowest BCUT2D eigenvalue weighted by Crippen LogP contribution is -2.25. The zero-order chi connectivity index (χ0) is 30.5. The normalized spacial score (nSPS) is 13.8. The van der Waals surface area contributed by atoms with Gasteiger partial charge in [-0.05, 0) is 72.6 Å². The van der Waals surface area contributed by atoms with Crippen LogP contribution < -0.4 is 19.5 Å². The van der Waals surface area contributed by atoms with Crippen LogP contribution in [-0.2, 0) is 11.2 Å². The Labute approximate surface area is 260 Å². The molecule has 0 fully saturated rings. The number of rotatable bonds is 9. The van der Waals surface area contributed by atoms with Crippen LogP contribution in [0.1, 0.15) is 34.0 Å². The average molecular weight is 647 g/mol. The number of carbonyl (C=O) groups is 2. The van der Waals surface area contributed by atoms with Gasteiger partial charge in [-0.25, -0.2) is 9.18 Å². The van der Waals surface area contributed by atoms with Crippen LogP contribution in [0.3, 0.4) is 0 Å². The molecule has 0 spiro atoms. The minimum Gasteiger partial charge on any atom is -0.493 e. The van der Waals surface area contributed by atoms with E-state index in [1.54, 1.807) is 54.6 Å². The van der Waals surface area contributed by atoms with Gasteiger partial charge in [0, 0.05) is 36.2 Å². The molecule has 0 bridgehead atoms. The molecule has 0 aromatic heterocycles. The molecule has 1 aliphatic rings. The number of nitrogens with one attached hydrogen (secondary N) is 1. The van der Waals surface area contributed by atoms with Crippen LogP contribution in [0.5, 0.6) is 28.7 Å². The summed E-state index contributed by atoms with van der Waals surface area (Å²) in [5.74, 6) is 1.22. The Kier molecular flexibility index (Phi) is 9.45. The molecule has 1 unspecified atom stereocenters. The summed E-state index contributed by atoms with van der Waals surface area (Å²) in [7, 11) is 0. The van der Waals surface area contributed by atoms with Gasteiger partial charge in [0.15, 0.2) is 0 Å². The van der Waals surface area contributed by atoms with E-state index in [4.69, 9.17) is 58.9 Å². The van der Waals surface area contributed by atoms with Gasteiger partial charge in [0.1, 0.15) is 40.7 Å². The fourth-order valence-corrected chi connectivity index (χ4v) is 4.90. The van der Waals surface area contributed by atoms with Crippen LogP contribution in [0, 0.1) is 5.82 Å². The van der Waals surface area contributed by atoms with Crippen molar-refractivity contribution in [3.63, 3.8) is 0 Å². The number of ether oxygens (including phenoxy) is 4. The summed E-state index contributed by atoms with van der Waals surface area (Å²) in [4.78, 5) is 23.8. The van der Waals surface area contributed by atoms with E-state index < -0.39 is 18.1 Å². The van der Waals surface area contributed by atoms with Gasteiger partial charge in [-0.1, -0.05) is 34.8 Å². The van der Waals surface area contributed by atoms with Crippen LogP contribution in [0.4, 0.5) is 9.18 Å². The molecule has 1 atom stereocenters. The first kappa shape index (κ1) is 30.3. The molecule has 222 valence electrons. The number of carbonyl (C=O) groups excluding carboxylic acids is 1. The molecule has 0 saturated heterocycles. The molecule has 1 amide bonds. The van der Waals surface area contributed by atoms with Crippen molar-refractivity contribution in [1.29, 1.82) is 0 Å². The van der Waals surface area contributed by atoms with E-state index in [1.807, 2.05) is 0 Å². The van der Waals surface area contributed by atoms with Crippen molar-refractivity contribution in [3.05, 3.63) is 110 Å². The topological polar surface area (TPSA) is 103 Å². The van der Waals surface area contributed by atoms with E-state index in [-0.39, 0.29) is 24.1 Å². The van der Waals surface area contributed by atoms with Crippen LogP contribution in [0.15, 0.2) is 72.8 Å². The van der Waals surface area contributed by atoms with Gasteiger partial charge in [-0.3, -0.25) is 4.79 Å². The third-order valence-electron chi connectivity index (χ3n) is 6.46. The van der Waals surface area contributed by atoms with Crippen molar-refractivity contribution >= 4 is 46.9 Å². The largest absolute Gasteiger partial charge is 0.506 e. The summed E-state index contributed by atoms with van der Waals surface area (Å²) in [6, 6.07) is 18.5. The van der Waals surface area contributed by atoms with E-state index in [2.05, 4.69) is 5.32 Å². The number of fused-ring (bicyclic) bond motifs is 1. The highest BCUT2D eigenvalue weighted by molar-refractivity contribution is 6.42. The Hall–Kier alpha value is -4.18. The third-order valence-corrected chi connectivity index (χ3v) is 7.49. The maximum Gasteiger partial charge on any atom is 0.506 e. The highest BCUT2D eigenvalue weighted by Gasteiger charge is 2.27. The smallest absolute Gasteiger partial charge is 0.493 e. The van der Waals surface area contributed by atoms with Gasteiger partial charge in [-0.2, -0.15) is 0 Å². The number of benzene rings is 4. The highest BCUT2D eigenvalue weighted by Crippen LogP contribution is 2.42. The van der Waals surface area contributed by atoms with Gasteiger partial charge < -0.3 is 29.4 Å². The number of carboxylic acid groups (broad SMARTS) is 1. The predicted octanol–water partition coefficient (Wildman–Crippen LogP) is 8.86. The summed E-state index contributed by atoms with van der Waals surface area (Å²) in [5, 5.41) is 12.8. The molecule has 0 saturated carbocycles. The highest BCUT2D eigenvalue weighted by atomic mass is 35.5. The fourth-order valence-electron chi connectivity index (χ4n) is 4.40. The minimum absolute atomic E-state index is 0.218. The van der Waals surface area contributed by atoms with Crippen molar-refractivity contribution in [3.8, 4) is 28.7 Å². The number of hydrogen-bond acceptors (Lipinski definition) is 6. The summed E-state index contributed by atoms with van der Waals surface area (Å²) < 4.78 is 36.3. The summed E-state index contributed by atoms with van der Waals surface area (Å²) in [5.41, 5.74) is 1.46. The fraction of sp³-hybridized carbons (Fsp3) is 0.161. The second kappa shape index (κ2) is 13.4. The molecule has 4 aromatic carbocycles. The standard InChI is InChI=1S/C31H23Cl3FNO7/c32-23-7-6-21(14-24(23)33)42-26-8-3-19(35)13-18(26)9-11-36-30(37)17-1-4-20(5-2-17)41-29-16-28-22(15-25(29)34)27(10-12-40-28)43-31(38)39/h1-8,13-16,27H,9-12H2,(H,36,37)(H,38,39). The lowest BCUT2D eigenvalue weighted by molar-refractivity contribution is 0.0326. The Morgan fingerprint density at radius 3 is 2.37 bits per heavy atom. The van der Waals surface area contributed by atoms with E-state index in [0.29, 0.717) is 68.3 Å². The second-order valence-corrected chi connectivity index (χ2v) is 10.6. The van der Waals surface area contributed by atoms with Crippen molar-refractivity contribution < 1.29 is 38.0 Å². The number of hydrogen-bond donors (Lipinski definition) is 2. The van der Waals surface area contributed by atoms with Crippen molar-refractivity contribution in [2.45, 2.75) is 18.9 Å².